The molecule has 0 aliphatic carbocycles. The van der Waals surface area contributed by atoms with Gasteiger partial charge in [0.2, 0.25) is 5.91 Å². The average Bonchev–Trinajstić information content (AvgIpc) is 3.23. The molecule has 26 heavy (non-hydrogen) atoms. The molecule has 2 aliphatic heterocycles. The van der Waals surface area contributed by atoms with Gasteiger partial charge in [-0.3, -0.25) is 4.79 Å². The molecule has 7 heteroatoms. The van der Waals surface area contributed by atoms with Gasteiger partial charge in [-0.05, 0) is 38.7 Å². The predicted molar refractivity (Wildman–Crippen MR) is 96.4 cm³/mol. The van der Waals surface area contributed by atoms with Crippen molar-refractivity contribution in [2.45, 2.75) is 38.5 Å². The lowest BCUT2D eigenvalue weighted by Gasteiger charge is -2.35. The molecule has 2 fully saturated rings. The van der Waals surface area contributed by atoms with Crippen LogP contribution in [-0.2, 0) is 9.53 Å². The maximum absolute atomic E-state index is 12.9. The van der Waals surface area contributed by atoms with Crippen LogP contribution < -0.4 is 0 Å². The number of carbonyl (C=O) groups excluding carboxylic acids is 1. The molecule has 0 radical (unpaired) electrons. The summed E-state index contributed by atoms with van der Waals surface area (Å²) in [4.78, 5) is 31.7. The average molecular weight is 355 g/mol. The normalized spacial score (nSPS) is 21.7. The molecule has 0 aromatic carbocycles. The highest BCUT2D eigenvalue weighted by atomic mass is 16.5. The van der Waals surface area contributed by atoms with Crippen molar-refractivity contribution in [3.05, 3.63) is 30.0 Å². The topological polar surface area (TPSA) is 84.0 Å². The zero-order valence-corrected chi connectivity index (χ0v) is 15.1. The highest BCUT2D eigenvalue weighted by molar-refractivity contribution is 5.79. The zero-order chi connectivity index (χ0) is 17.9. The lowest BCUT2D eigenvalue weighted by Crippen LogP contribution is -2.44. The number of carbonyl (C=O) groups is 1. The molecule has 2 aromatic rings. The summed E-state index contributed by atoms with van der Waals surface area (Å²) in [7, 11) is 0. The summed E-state index contributed by atoms with van der Waals surface area (Å²) in [5, 5.41) is 0. The molecular formula is C19H25N5O2. The number of piperidine rings is 1. The number of ether oxygens (including phenoxy) is 1. The Morgan fingerprint density at radius 2 is 2.12 bits per heavy atom. The summed E-state index contributed by atoms with van der Waals surface area (Å²) in [6.45, 7) is 4.91. The fourth-order valence-electron chi connectivity index (χ4n) is 3.89. The summed E-state index contributed by atoms with van der Waals surface area (Å²) < 4.78 is 5.39. The molecule has 0 bridgehead atoms. The first-order chi connectivity index (χ1) is 12.7. The van der Waals surface area contributed by atoms with E-state index in [0.29, 0.717) is 19.8 Å². The van der Waals surface area contributed by atoms with E-state index >= 15 is 0 Å². The van der Waals surface area contributed by atoms with Crippen LogP contribution in [0.3, 0.4) is 0 Å². The highest BCUT2D eigenvalue weighted by Crippen LogP contribution is 2.28. The minimum atomic E-state index is 0.111. The van der Waals surface area contributed by atoms with Crippen LogP contribution in [0.1, 0.15) is 43.1 Å². The largest absolute Gasteiger partial charge is 0.381 e. The number of nitrogens with one attached hydrogen (secondary N) is 1. The Morgan fingerprint density at radius 3 is 2.88 bits per heavy atom. The summed E-state index contributed by atoms with van der Waals surface area (Å²) in [5.41, 5.74) is 1.74. The van der Waals surface area contributed by atoms with Gasteiger partial charge in [0.1, 0.15) is 11.5 Å². The molecule has 1 atom stereocenters. The van der Waals surface area contributed by atoms with Gasteiger partial charge in [0.15, 0.2) is 5.82 Å². The molecular weight excluding hydrogens is 330 g/mol. The second-order valence-corrected chi connectivity index (χ2v) is 7.20. The number of aryl methyl sites for hydroxylation is 1. The quantitative estimate of drug-likeness (QED) is 0.913. The van der Waals surface area contributed by atoms with Crippen molar-refractivity contribution >= 4 is 5.91 Å². The maximum Gasteiger partial charge on any atom is 0.225 e. The van der Waals surface area contributed by atoms with E-state index in [-0.39, 0.29) is 17.7 Å². The SMILES string of the molecule is Cc1cc(-c2ncc[nH]2)nc([C@H]2CCCN(C(=O)C3CCOCC3)C2)n1. The number of hydrogen-bond donors (Lipinski definition) is 1. The van der Waals surface area contributed by atoms with Gasteiger partial charge in [-0.2, -0.15) is 0 Å². The van der Waals surface area contributed by atoms with Crippen LogP contribution in [0.2, 0.25) is 0 Å². The standard InChI is InChI=1S/C19H25N5O2/c1-13-11-16(18-20-6-7-21-18)23-17(22-13)15-3-2-8-24(12-15)19(25)14-4-9-26-10-5-14/h6-7,11,14-15H,2-5,8-10,12H2,1H3,(H,20,21)/t15-/m0/s1. The number of aromatic amines is 1. The molecule has 7 nitrogen and oxygen atoms in total. The number of H-pyrrole nitrogens is 1. The third-order valence-electron chi connectivity index (χ3n) is 5.28. The first-order valence-electron chi connectivity index (χ1n) is 9.42. The Kier molecular flexibility index (Phi) is 4.97. The maximum atomic E-state index is 12.9. The van der Waals surface area contributed by atoms with Gasteiger partial charge >= 0.3 is 0 Å². The number of aromatic nitrogens is 4. The van der Waals surface area contributed by atoms with Crippen LogP contribution in [0, 0.1) is 12.8 Å². The number of rotatable bonds is 3. The third kappa shape index (κ3) is 3.62. The van der Waals surface area contributed by atoms with Gasteiger partial charge in [0.05, 0.1) is 0 Å². The Bertz CT molecular complexity index is 755. The number of likely N-dealkylation sites (tertiary alicyclic amines) is 1. The molecule has 1 N–H and O–H groups in total. The summed E-state index contributed by atoms with van der Waals surface area (Å²) in [6.07, 6.45) is 7.20. The van der Waals surface area contributed by atoms with E-state index in [1.54, 1.807) is 12.4 Å². The second-order valence-electron chi connectivity index (χ2n) is 7.20. The fourth-order valence-corrected chi connectivity index (χ4v) is 3.89. The fraction of sp³-hybridized carbons (Fsp3) is 0.579. The van der Waals surface area contributed by atoms with Crippen LogP contribution >= 0.6 is 0 Å². The molecule has 1 amide bonds. The van der Waals surface area contributed by atoms with Crippen molar-refractivity contribution in [3.63, 3.8) is 0 Å². The monoisotopic (exact) mass is 355 g/mol. The third-order valence-corrected chi connectivity index (χ3v) is 5.28. The smallest absolute Gasteiger partial charge is 0.225 e. The van der Waals surface area contributed by atoms with Crippen molar-refractivity contribution in [1.82, 2.24) is 24.8 Å². The Morgan fingerprint density at radius 1 is 1.27 bits per heavy atom. The van der Waals surface area contributed by atoms with Crippen molar-refractivity contribution in [2.24, 2.45) is 5.92 Å². The van der Waals surface area contributed by atoms with Crippen LogP contribution in [0.15, 0.2) is 18.5 Å². The summed E-state index contributed by atoms with van der Waals surface area (Å²) in [6, 6.07) is 1.94. The minimum absolute atomic E-state index is 0.111. The Labute approximate surface area is 153 Å². The van der Waals surface area contributed by atoms with E-state index in [9.17, 15) is 4.79 Å². The lowest BCUT2D eigenvalue weighted by molar-refractivity contribution is -0.139. The second kappa shape index (κ2) is 7.53. The summed E-state index contributed by atoms with van der Waals surface area (Å²) in [5.74, 6) is 2.14. The van der Waals surface area contributed by atoms with Crippen molar-refractivity contribution in [3.8, 4) is 11.5 Å². The van der Waals surface area contributed by atoms with Crippen LogP contribution in [0.25, 0.3) is 11.5 Å². The minimum Gasteiger partial charge on any atom is -0.381 e. The van der Waals surface area contributed by atoms with Crippen LogP contribution in [0.5, 0.6) is 0 Å². The van der Waals surface area contributed by atoms with E-state index in [1.165, 1.54) is 0 Å². The molecule has 138 valence electrons. The molecule has 0 unspecified atom stereocenters. The predicted octanol–water partition coefficient (Wildman–Crippen LogP) is 2.31. The van der Waals surface area contributed by atoms with Gasteiger partial charge in [-0.25, -0.2) is 15.0 Å². The number of hydrogen-bond acceptors (Lipinski definition) is 5. The van der Waals surface area contributed by atoms with E-state index in [1.807, 2.05) is 17.9 Å². The number of amides is 1. The number of nitrogens with zero attached hydrogens (tertiary/aromatic N) is 4. The van der Waals surface area contributed by atoms with E-state index in [4.69, 9.17) is 9.72 Å². The molecule has 0 spiro atoms. The van der Waals surface area contributed by atoms with Gasteiger partial charge in [0, 0.05) is 56.2 Å². The zero-order valence-electron chi connectivity index (χ0n) is 15.1. The molecule has 4 heterocycles. The van der Waals surface area contributed by atoms with Crippen LogP contribution in [-0.4, -0.2) is 57.0 Å². The van der Waals surface area contributed by atoms with E-state index in [2.05, 4.69) is 15.0 Å². The Hall–Kier alpha value is -2.28. The van der Waals surface area contributed by atoms with Crippen molar-refractivity contribution in [2.75, 3.05) is 26.3 Å². The first kappa shape index (κ1) is 17.1. The Balaban J connectivity index is 1.51. The highest BCUT2D eigenvalue weighted by Gasteiger charge is 2.31. The summed E-state index contributed by atoms with van der Waals surface area (Å²) >= 11 is 0. The number of imidazole rings is 1. The van der Waals surface area contributed by atoms with Gasteiger partial charge in [0.25, 0.3) is 0 Å². The van der Waals surface area contributed by atoms with Gasteiger partial charge < -0.3 is 14.6 Å². The van der Waals surface area contributed by atoms with Gasteiger partial charge in [-0.1, -0.05) is 0 Å². The lowest BCUT2D eigenvalue weighted by atomic mass is 9.93. The van der Waals surface area contributed by atoms with Crippen molar-refractivity contribution in [1.29, 1.82) is 0 Å². The molecule has 2 aliphatic rings. The first-order valence-corrected chi connectivity index (χ1v) is 9.42. The molecule has 2 saturated heterocycles. The van der Waals surface area contributed by atoms with E-state index in [0.717, 1.165) is 55.3 Å². The molecule has 4 rings (SSSR count). The van der Waals surface area contributed by atoms with Crippen molar-refractivity contribution < 1.29 is 9.53 Å². The molecule has 2 aromatic heterocycles. The van der Waals surface area contributed by atoms with Gasteiger partial charge in [-0.15, -0.1) is 0 Å². The van der Waals surface area contributed by atoms with E-state index < -0.39 is 0 Å². The molecule has 0 saturated carbocycles. The van der Waals surface area contributed by atoms with Crippen LogP contribution in [0.4, 0.5) is 0 Å².